The van der Waals surface area contributed by atoms with E-state index in [1.165, 1.54) is 19.3 Å². The maximum atomic E-state index is 5.72. The molecule has 0 aliphatic rings. The molecule has 96 valence electrons. The standard InChI is InChI=1S/C14H24N2O/c1-4-5-6-11(2)16-10-12-7-8-13(15)9-14(12)17-3/h7-9,11,16H,4-6,10,15H2,1-3H3. The molecule has 1 atom stereocenters. The Bertz CT molecular complexity index is 339. The van der Waals surface area contributed by atoms with Crippen LogP contribution in [0, 0.1) is 0 Å². The SMILES string of the molecule is CCCCC(C)NCc1ccc(N)cc1OC. The first-order valence-electron chi connectivity index (χ1n) is 6.33. The molecule has 1 unspecified atom stereocenters. The smallest absolute Gasteiger partial charge is 0.125 e. The summed E-state index contributed by atoms with van der Waals surface area (Å²) in [6.45, 7) is 5.27. The van der Waals surface area contributed by atoms with Gasteiger partial charge in [-0.25, -0.2) is 0 Å². The van der Waals surface area contributed by atoms with Crippen LogP contribution < -0.4 is 15.8 Å². The molecule has 0 amide bonds. The van der Waals surface area contributed by atoms with Crippen LogP contribution in [0.5, 0.6) is 5.75 Å². The van der Waals surface area contributed by atoms with Crippen LogP contribution in [0.2, 0.25) is 0 Å². The van der Waals surface area contributed by atoms with Crippen LogP contribution >= 0.6 is 0 Å². The third-order valence-corrected chi connectivity index (χ3v) is 2.94. The van der Waals surface area contributed by atoms with E-state index in [0.29, 0.717) is 6.04 Å². The van der Waals surface area contributed by atoms with Gasteiger partial charge in [0, 0.05) is 29.9 Å². The minimum absolute atomic E-state index is 0.539. The first kappa shape index (κ1) is 13.8. The van der Waals surface area contributed by atoms with Gasteiger partial charge in [-0.15, -0.1) is 0 Å². The van der Waals surface area contributed by atoms with Crippen LogP contribution in [0.15, 0.2) is 18.2 Å². The molecule has 1 rings (SSSR count). The van der Waals surface area contributed by atoms with Gasteiger partial charge in [0.05, 0.1) is 7.11 Å². The van der Waals surface area contributed by atoms with Crippen molar-refractivity contribution >= 4 is 5.69 Å². The lowest BCUT2D eigenvalue weighted by molar-refractivity contribution is 0.404. The zero-order valence-corrected chi connectivity index (χ0v) is 11.1. The van der Waals surface area contributed by atoms with Gasteiger partial charge >= 0.3 is 0 Å². The van der Waals surface area contributed by atoms with E-state index < -0.39 is 0 Å². The molecule has 0 fully saturated rings. The molecule has 1 aromatic carbocycles. The number of anilines is 1. The molecule has 1 aromatic rings. The molecule has 0 radical (unpaired) electrons. The van der Waals surface area contributed by atoms with Crippen molar-refractivity contribution in [2.75, 3.05) is 12.8 Å². The van der Waals surface area contributed by atoms with Gasteiger partial charge in [-0.1, -0.05) is 25.8 Å². The molecule has 0 bridgehead atoms. The molecule has 0 saturated heterocycles. The van der Waals surface area contributed by atoms with E-state index in [9.17, 15) is 0 Å². The number of nitrogens with one attached hydrogen (secondary N) is 1. The van der Waals surface area contributed by atoms with E-state index >= 15 is 0 Å². The Hall–Kier alpha value is -1.22. The zero-order valence-electron chi connectivity index (χ0n) is 11.1. The van der Waals surface area contributed by atoms with Crippen molar-refractivity contribution in [2.45, 2.75) is 45.7 Å². The molecule has 0 saturated carbocycles. The van der Waals surface area contributed by atoms with Crippen molar-refractivity contribution in [3.8, 4) is 5.75 Å². The van der Waals surface area contributed by atoms with Gasteiger partial charge in [-0.05, 0) is 19.4 Å². The Morgan fingerprint density at radius 1 is 1.41 bits per heavy atom. The first-order chi connectivity index (χ1) is 8.17. The van der Waals surface area contributed by atoms with Crippen LogP contribution in [-0.4, -0.2) is 13.2 Å². The maximum absolute atomic E-state index is 5.72. The Labute approximate surface area is 104 Å². The van der Waals surface area contributed by atoms with Gasteiger partial charge < -0.3 is 15.8 Å². The molecule has 0 spiro atoms. The third-order valence-electron chi connectivity index (χ3n) is 2.94. The van der Waals surface area contributed by atoms with E-state index in [2.05, 4.69) is 19.2 Å². The Balaban J connectivity index is 2.50. The molecular formula is C14H24N2O. The number of hydrogen-bond donors (Lipinski definition) is 2. The second kappa shape index (κ2) is 7.17. The molecule has 0 aliphatic heterocycles. The Morgan fingerprint density at radius 3 is 2.82 bits per heavy atom. The molecule has 0 aromatic heterocycles. The average Bonchev–Trinajstić information content (AvgIpc) is 2.34. The number of nitrogens with two attached hydrogens (primary N) is 1. The van der Waals surface area contributed by atoms with Gasteiger partial charge in [-0.2, -0.15) is 0 Å². The molecule has 0 aliphatic carbocycles. The van der Waals surface area contributed by atoms with Crippen molar-refractivity contribution in [2.24, 2.45) is 0 Å². The second-order valence-corrected chi connectivity index (χ2v) is 4.50. The third kappa shape index (κ3) is 4.65. The summed E-state index contributed by atoms with van der Waals surface area (Å²) in [6, 6.07) is 6.34. The first-order valence-corrected chi connectivity index (χ1v) is 6.33. The van der Waals surface area contributed by atoms with Crippen LogP contribution in [0.4, 0.5) is 5.69 Å². The number of methoxy groups -OCH3 is 1. The molecule has 3 nitrogen and oxygen atoms in total. The van der Waals surface area contributed by atoms with Gasteiger partial charge in [0.15, 0.2) is 0 Å². The van der Waals surface area contributed by atoms with Crippen molar-refractivity contribution in [3.63, 3.8) is 0 Å². The lowest BCUT2D eigenvalue weighted by Gasteiger charge is -2.15. The minimum atomic E-state index is 0.539. The van der Waals surface area contributed by atoms with Crippen LogP contribution in [0.25, 0.3) is 0 Å². The van der Waals surface area contributed by atoms with Crippen molar-refractivity contribution in [1.82, 2.24) is 5.32 Å². The highest BCUT2D eigenvalue weighted by atomic mass is 16.5. The zero-order chi connectivity index (χ0) is 12.7. The van der Waals surface area contributed by atoms with Crippen LogP contribution in [0.1, 0.15) is 38.7 Å². The molecule has 3 heteroatoms. The topological polar surface area (TPSA) is 47.3 Å². The fourth-order valence-corrected chi connectivity index (χ4v) is 1.80. The normalized spacial score (nSPS) is 12.4. The minimum Gasteiger partial charge on any atom is -0.496 e. The quantitative estimate of drug-likeness (QED) is 0.716. The summed E-state index contributed by atoms with van der Waals surface area (Å²) in [7, 11) is 1.68. The van der Waals surface area contributed by atoms with Crippen molar-refractivity contribution in [1.29, 1.82) is 0 Å². The van der Waals surface area contributed by atoms with Gasteiger partial charge in [-0.3, -0.25) is 0 Å². The summed E-state index contributed by atoms with van der Waals surface area (Å²) < 4.78 is 5.32. The summed E-state index contributed by atoms with van der Waals surface area (Å²) >= 11 is 0. The van der Waals surface area contributed by atoms with Crippen LogP contribution in [0.3, 0.4) is 0 Å². The Morgan fingerprint density at radius 2 is 2.18 bits per heavy atom. The number of hydrogen-bond acceptors (Lipinski definition) is 3. The lowest BCUT2D eigenvalue weighted by atomic mass is 10.1. The fraction of sp³-hybridized carbons (Fsp3) is 0.571. The number of benzene rings is 1. The number of ether oxygens (including phenoxy) is 1. The largest absolute Gasteiger partial charge is 0.496 e. The predicted octanol–water partition coefficient (Wildman–Crippen LogP) is 2.95. The van der Waals surface area contributed by atoms with Gasteiger partial charge in [0.25, 0.3) is 0 Å². The summed E-state index contributed by atoms with van der Waals surface area (Å²) in [5, 5.41) is 3.51. The molecule has 17 heavy (non-hydrogen) atoms. The summed E-state index contributed by atoms with van der Waals surface area (Å²) in [5.74, 6) is 0.861. The highest BCUT2D eigenvalue weighted by Crippen LogP contribution is 2.21. The summed E-state index contributed by atoms with van der Waals surface area (Å²) in [4.78, 5) is 0. The average molecular weight is 236 g/mol. The fourth-order valence-electron chi connectivity index (χ4n) is 1.80. The van der Waals surface area contributed by atoms with Gasteiger partial charge in [0.2, 0.25) is 0 Å². The van der Waals surface area contributed by atoms with Gasteiger partial charge in [0.1, 0.15) is 5.75 Å². The van der Waals surface area contributed by atoms with E-state index in [1.54, 1.807) is 7.11 Å². The lowest BCUT2D eigenvalue weighted by Crippen LogP contribution is -2.25. The Kier molecular flexibility index (Phi) is 5.84. The maximum Gasteiger partial charge on any atom is 0.125 e. The van der Waals surface area contributed by atoms with Crippen molar-refractivity contribution < 1.29 is 4.74 Å². The van der Waals surface area contributed by atoms with E-state index in [1.807, 2.05) is 18.2 Å². The number of unbranched alkanes of at least 4 members (excludes halogenated alkanes) is 1. The van der Waals surface area contributed by atoms with Crippen molar-refractivity contribution in [3.05, 3.63) is 23.8 Å². The van der Waals surface area contributed by atoms with Crippen LogP contribution in [-0.2, 0) is 6.54 Å². The van der Waals surface area contributed by atoms with E-state index in [-0.39, 0.29) is 0 Å². The molecular weight excluding hydrogens is 212 g/mol. The summed E-state index contributed by atoms with van der Waals surface area (Å²) in [6.07, 6.45) is 3.73. The number of nitrogen functional groups attached to an aromatic ring is 1. The highest BCUT2D eigenvalue weighted by molar-refractivity contribution is 5.48. The monoisotopic (exact) mass is 236 g/mol. The molecule has 3 N–H and O–H groups in total. The van der Waals surface area contributed by atoms with E-state index in [0.717, 1.165) is 23.5 Å². The van der Waals surface area contributed by atoms with E-state index in [4.69, 9.17) is 10.5 Å². The molecule has 0 heterocycles. The predicted molar refractivity (Wildman–Crippen MR) is 73.2 cm³/mol. The summed E-state index contributed by atoms with van der Waals surface area (Å²) in [5.41, 5.74) is 7.62. The highest BCUT2D eigenvalue weighted by Gasteiger charge is 2.05. The number of rotatable bonds is 7. The second-order valence-electron chi connectivity index (χ2n) is 4.50.